The molecule has 26 heavy (non-hydrogen) atoms. The number of halogens is 1. The standard InChI is InChI=1S/C20H20FNO4/c1-22(13-14-26-18-6-4-3-5-17(18)21)19(23)12-9-15-7-10-16(11-8-15)20(24)25-2/h3-12H,13-14H2,1-2H3/b12-9+. The summed E-state index contributed by atoms with van der Waals surface area (Å²) in [7, 11) is 2.96. The highest BCUT2D eigenvalue weighted by atomic mass is 19.1. The van der Waals surface area contributed by atoms with E-state index >= 15 is 0 Å². The molecule has 0 spiro atoms. The van der Waals surface area contributed by atoms with Crippen LogP contribution >= 0.6 is 0 Å². The average molecular weight is 357 g/mol. The predicted molar refractivity (Wildman–Crippen MR) is 96.3 cm³/mol. The zero-order valence-corrected chi connectivity index (χ0v) is 14.6. The lowest BCUT2D eigenvalue weighted by Crippen LogP contribution is -2.29. The minimum absolute atomic E-state index is 0.162. The molecular formula is C20H20FNO4. The van der Waals surface area contributed by atoms with E-state index in [4.69, 9.17) is 4.74 Å². The second kappa shape index (κ2) is 9.36. The van der Waals surface area contributed by atoms with Crippen molar-refractivity contribution in [1.82, 2.24) is 4.90 Å². The zero-order valence-electron chi connectivity index (χ0n) is 14.6. The summed E-state index contributed by atoms with van der Waals surface area (Å²) < 4.78 is 23.4. The molecule has 0 aliphatic heterocycles. The summed E-state index contributed by atoms with van der Waals surface area (Å²) in [4.78, 5) is 24.9. The van der Waals surface area contributed by atoms with Crippen LogP contribution in [0.25, 0.3) is 6.08 Å². The molecule has 0 N–H and O–H groups in total. The molecule has 0 bridgehead atoms. The Hall–Kier alpha value is -3.15. The maximum absolute atomic E-state index is 13.4. The number of esters is 1. The number of para-hydroxylation sites is 1. The number of ether oxygens (including phenoxy) is 2. The third kappa shape index (κ3) is 5.44. The summed E-state index contributed by atoms with van der Waals surface area (Å²) in [6, 6.07) is 12.8. The van der Waals surface area contributed by atoms with Crippen molar-refractivity contribution in [2.24, 2.45) is 0 Å². The first-order chi connectivity index (χ1) is 12.5. The lowest BCUT2D eigenvalue weighted by atomic mass is 10.1. The molecule has 0 aliphatic carbocycles. The SMILES string of the molecule is COC(=O)c1ccc(/C=C/C(=O)N(C)CCOc2ccccc2F)cc1. The van der Waals surface area contributed by atoms with Crippen molar-refractivity contribution in [3.63, 3.8) is 0 Å². The molecule has 2 aromatic carbocycles. The highest BCUT2D eigenvalue weighted by molar-refractivity contribution is 5.92. The summed E-state index contributed by atoms with van der Waals surface area (Å²) in [5.74, 6) is -0.892. The lowest BCUT2D eigenvalue weighted by molar-refractivity contribution is -0.125. The van der Waals surface area contributed by atoms with Gasteiger partial charge < -0.3 is 14.4 Å². The zero-order chi connectivity index (χ0) is 18.9. The van der Waals surface area contributed by atoms with Gasteiger partial charge in [-0.2, -0.15) is 0 Å². The Balaban J connectivity index is 1.83. The van der Waals surface area contributed by atoms with Gasteiger partial charge in [0.05, 0.1) is 19.2 Å². The van der Waals surface area contributed by atoms with Crippen LogP contribution in [0.2, 0.25) is 0 Å². The van der Waals surface area contributed by atoms with Gasteiger partial charge in [0.15, 0.2) is 11.6 Å². The van der Waals surface area contributed by atoms with Crippen LogP contribution in [0.1, 0.15) is 15.9 Å². The number of likely N-dealkylation sites (N-methyl/N-ethyl adjacent to an activating group) is 1. The minimum atomic E-state index is -0.434. The summed E-state index contributed by atoms with van der Waals surface area (Å²) >= 11 is 0. The van der Waals surface area contributed by atoms with Crippen LogP contribution in [0.3, 0.4) is 0 Å². The van der Waals surface area contributed by atoms with Gasteiger partial charge in [-0.05, 0) is 35.9 Å². The van der Waals surface area contributed by atoms with Crippen molar-refractivity contribution in [2.75, 3.05) is 27.3 Å². The summed E-state index contributed by atoms with van der Waals surface area (Å²) in [6.45, 7) is 0.504. The van der Waals surface area contributed by atoms with E-state index in [1.165, 1.54) is 30.2 Å². The van der Waals surface area contributed by atoms with Gasteiger partial charge >= 0.3 is 5.97 Å². The van der Waals surface area contributed by atoms with Gasteiger partial charge in [0.25, 0.3) is 0 Å². The van der Waals surface area contributed by atoms with Gasteiger partial charge in [-0.25, -0.2) is 9.18 Å². The average Bonchev–Trinajstić information content (AvgIpc) is 2.67. The number of amides is 1. The fraction of sp³-hybridized carbons (Fsp3) is 0.200. The number of hydrogen-bond donors (Lipinski definition) is 0. The van der Waals surface area contributed by atoms with E-state index in [-0.39, 0.29) is 18.3 Å². The minimum Gasteiger partial charge on any atom is -0.489 e. The number of hydrogen-bond acceptors (Lipinski definition) is 4. The first-order valence-electron chi connectivity index (χ1n) is 8.00. The van der Waals surface area contributed by atoms with Crippen molar-refractivity contribution in [2.45, 2.75) is 0 Å². The largest absolute Gasteiger partial charge is 0.489 e. The molecule has 136 valence electrons. The molecule has 0 aliphatic rings. The van der Waals surface area contributed by atoms with Crippen LogP contribution in [0, 0.1) is 5.82 Å². The molecule has 0 atom stereocenters. The second-order valence-electron chi connectivity index (χ2n) is 5.49. The smallest absolute Gasteiger partial charge is 0.337 e. The number of benzene rings is 2. The number of methoxy groups -OCH3 is 1. The first kappa shape index (κ1) is 19.2. The van der Waals surface area contributed by atoms with E-state index < -0.39 is 11.8 Å². The maximum Gasteiger partial charge on any atom is 0.337 e. The lowest BCUT2D eigenvalue weighted by Gasteiger charge is -2.15. The monoisotopic (exact) mass is 357 g/mol. The van der Waals surface area contributed by atoms with E-state index in [1.54, 1.807) is 49.5 Å². The molecule has 0 saturated heterocycles. The van der Waals surface area contributed by atoms with E-state index in [0.29, 0.717) is 12.1 Å². The molecule has 0 aromatic heterocycles. The summed E-state index contributed by atoms with van der Waals surface area (Å²) in [5.41, 5.74) is 1.22. The van der Waals surface area contributed by atoms with Crippen molar-refractivity contribution in [3.05, 3.63) is 71.6 Å². The van der Waals surface area contributed by atoms with E-state index in [1.807, 2.05) is 0 Å². The van der Waals surface area contributed by atoms with Crippen LogP contribution in [-0.2, 0) is 9.53 Å². The van der Waals surface area contributed by atoms with Gasteiger partial charge in [-0.15, -0.1) is 0 Å². The first-order valence-corrected chi connectivity index (χ1v) is 8.00. The number of nitrogens with zero attached hydrogens (tertiary/aromatic N) is 1. The Morgan fingerprint density at radius 3 is 2.46 bits per heavy atom. The summed E-state index contributed by atoms with van der Waals surface area (Å²) in [5, 5.41) is 0. The van der Waals surface area contributed by atoms with Gasteiger partial charge in [-0.1, -0.05) is 24.3 Å². The van der Waals surface area contributed by atoms with Crippen molar-refractivity contribution in [3.8, 4) is 5.75 Å². The molecule has 1 amide bonds. The summed E-state index contributed by atoms with van der Waals surface area (Å²) in [6.07, 6.45) is 3.08. The Kier molecular flexibility index (Phi) is 6.91. The van der Waals surface area contributed by atoms with E-state index in [9.17, 15) is 14.0 Å². The Morgan fingerprint density at radius 2 is 1.81 bits per heavy atom. The molecule has 6 heteroatoms. The number of carbonyl (C=O) groups excluding carboxylic acids is 2. The van der Waals surface area contributed by atoms with Crippen LogP contribution in [-0.4, -0.2) is 44.1 Å². The number of rotatable bonds is 7. The van der Waals surface area contributed by atoms with Crippen LogP contribution in [0.4, 0.5) is 4.39 Å². The van der Waals surface area contributed by atoms with Crippen molar-refractivity contribution < 1.29 is 23.5 Å². The quantitative estimate of drug-likeness (QED) is 0.564. The van der Waals surface area contributed by atoms with Crippen LogP contribution < -0.4 is 4.74 Å². The van der Waals surface area contributed by atoms with Crippen molar-refractivity contribution >= 4 is 18.0 Å². The molecule has 0 heterocycles. The molecule has 0 unspecified atom stereocenters. The maximum atomic E-state index is 13.4. The second-order valence-corrected chi connectivity index (χ2v) is 5.49. The van der Waals surface area contributed by atoms with Gasteiger partial charge in [0.1, 0.15) is 6.61 Å². The molecule has 5 nitrogen and oxygen atoms in total. The Labute approximate surface area is 151 Å². The van der Waals surface area contributed by atoms with Crippen LogP contribution in [0.5, 0.6) is 5.75 Å². The topological polar surface area (TPSA) is 55.8 Å². The highest BCUT2D eigenvalue weighted by Gasteiger charge is 2.07. The third-order valence-electron chi connectivity index (χ3n) is 3.65. The molecule has 2 rings (SSSR count). The fourth-order valence-electron chi connectivity index (χ4n) is 2.11. The van der Waals surface area contributed by atoms with Crippen LogP contribution in [0.15, 0.2) is 54.6 Å². The Bertz CT molecular complexity index is 787. The Morgan fingerprint density at radius 1 is 1.12 bits per heavy atom. The third-order valence-corrected chi connectivity index (χ3v) is 3.65. The molecule has 2 aromatic rings. The molecule has 0 radical (unpaired) electrons. The predicted octanol–water partition coefficient (Wildman–Crippen LogP) is 3.16. The molecular weight excluding hydrogens is 337 g/mol. The van der Waals surface area contributed by atoms with Gasteiger partial charge in [0, 0.05) is 13.1 Å². The molecule has 0 fully saturated rings. The van der Waals surface area contributed by atoms with Crippen molar-refractivity contribution in [1.29, 1.82) is 0 Å². The number of carbonyl (C=O) groups is 2. The fourth-order valence-corrected chi connectivity index (χ4v) is 2.11. The van der Waals surface area contributed by atoms with E-state index in [2.05, 4.69) is 4.74 Å². The highest BCUT2D eigenvalue weighted by Crippen LogP contribution is 2.15. The molecule has 0 saturated carbocycles. The normalized spacial score (nSPS) is 10.6. The van der Waals surface area contributed by atoms with Gasteiger partial charge in [0.2, 0.25) is 5.91 Å². The van der Waals surface area contributed by atoms with E-state index in [0.717, 1.165) is 5.56 Å². The van der Waals surface area contributed by atoms with Gasteiger partial charge in [-0.3, -0.25) is 4.79 Å².